The van der Waals surface area contributed by atoms with Crippen molar-refractivity contribution < 1.29 is 13.9 Å². The lowest BCUT2D eigenvalue weighted by atomic mass is 10.2. The molecular formula is C19H14ClN3O3. The number of fused-ring (bicyclic) bond motifs is 1. The Morgan fingerprint density at radius 2 is 2.08 bits per heavy atom. The van der Waals surface area contributed by atoms with Gasteiger partial charge in [-0.2, -0.15) is 5.10 Å². The second-order valence-corrected chi connectivity index (χ2v) is 6.03. The molecule has 0 aliphatic carbocycles. The van der Waals surface area contributed by atoms with Gasteiger partial charge in [-0.25, -0.2) is 9.78 Å². The number of rotatable bonds is 5. The molecule has 0 aliphatic heterocycles. The average Bonchev–Trinajstić information content (AvgIpc) is 3.32. The van der Waals surface area contributed by atoms with Crippen LogP contribution in [0.2, 0.25) is 5.15 Å². The van der Waals surface area contributed by atoms with E-state index in [1.54, 1.807) is 23.0 Å². The normalized spacial score (nSPS) is 11.0. The number of esters is 1. The smallest absolute Gasteiger partial charge is 0.374 e. The van der Waals surface area contributed by atoms with E-state index in [2.05, 4.69) is 10.1 Å². The first-order chi connectivity index (χ1) is 12.7. The molecule has 0 fully saturated rings. The fourth-order valence-corrected chi connectivity index (χ4v) is 2.78. The first-order valence-electron chi connectivity index (χ1n) is 7.96. The summed E-state index contributed by atoms with van der Waals surface area (Å²) in [5.41, 5.74) is 1.43. The molecule has 3 heterocycles. The Bertz CT molecular complexity index is 1060. The number of para-hydroxylation sites is 1. The van der Waals surface area contributed by atoms with E-state index >= 15 is 0 Å². The molecule has 0 unspecified atom stereocenters. The van der Waals surface area contributed by atoms with Crippen LogP contribution >= 0.6 is 11.6 Å². The molecule has 0 radical (unpaired) electrons. The molecule has 3 aromatic heterocycles. The highest BCUT2D eigenvalue weighted by Crippen LogP contribution is 2.21. The fourth-order valence-electron chi connectivity index (χ4n) is 2.58. The van der Waals surface area contributed by atoms with Gasteiger partial charge in [0, 0.05) is 23.3 Å². The predicted molar refractivity (Wildman–Crippen MR) is 95.9 cm³/mol. The maximum atomic E-state index is 12.2. The summed E-state index contributed by atoms with van der Waals surface area (Å²) in [5, 5.41) is 5.34. The highest BCUT2D eigenvalue weighted by Gasteiger charge is 2.15. The van der Waals surface area contributed by atoms with Crippen molar-refractivity contribution in [3.63, 3.8) is 0 Å². The summed E-state index contributed by atoms with van der Waals surface area (Å²) in [5.74, 6) is 0.198. The first kappa shape index (κ1) is 16.4. The third-order valence-corrected chi connectivity index (χ3v) is 4.18. The van der Waals surface area contributed by atoms with E-state index < -0.39 is 5.97 Å². The van der Waals surface area contributed by atoms with Crippen molar-refractivity contribution in [1.82, 2.24) is 14.8 Å². The lowest BCUT2D eigenvalue weighted by Crippen LogP contribution is -2.05. The van der Waals surface area contributed by atoms with Gasteiger partial charge < -0.3 is 9.15 Å². The third-order valence-electron chi connectivity index (χ3n) is 3.85. The van der Waals surface area contributed by atoms with Crippen molar-refractivity contribution >= 4 is 28.5 Å². The number of benzene rings is 1. The van der Waals surface area contributed by atoms with Gasteiger partial charge >= 0.3 is 5.97 Å². The summed E-state index contributed by atoms with van der Waals surface area (Å²) in [6.07, 6.45) is 3.49. The molecule has 0 spiro atoms. The minimum absolute atomic E-state index is 0.0185. The van der Waals surface area contributed by atoms with Crippen LogP contribution in [0, 0.1) is 0 Å². The topological polar surface area (TPSA) is 70.2 Å². The van der Waals surface area contributed by atoms with Crippen LogP contribution in [0.5, 0.6) is 0 Å². The number of carbonyl (C=O) groups excluding carboxylic acids is 1. The number of ether oxygens (including phenoxy) is 1. The number of halogens is 1. The number of furan rings is 1. The minimum atomic E-state index is -0.555. The van der Waals surface area contributed by atoms with E-state index in [9.17, 15) is 4.79 Å². The van der Waals surface area contributed by atoms with Gasteiger partial charge in [-0.1, -0.05) is 29.8 Å². The standard InChI is InChI=1S/C19H14ClN3O3/c20-18-14(10-13-4-1-2-5-16(13)22-18)12-25-19(24)17-7-6-15(26-17)11-23-9-3-8-21-23/h1-10H,11-12H2. The zero-order chi connectivity index (χ0) is 17.9. The van der Waals surface area contributed by atoms with Crippen LogP contribution in [0.15, 0.2) is 65.3 Å². The van der Waals surface area contributed by atoms with Gasteiger partial charge in [0.15, 0.2) is 0 Å². The number of hydrogen-bond donors (Lipinski definition) is 0. The first-order valence-corrected chi connectivity index (χ1v) is 8.34. The van der Waals surface area contributed by atoms with Gasteiger partial charge in [-0.05, 0) is 30.3 Å². The van der Waals surface area contributed by atoms with Gasteiger partial charge in [-0.3, -0.25) is 4.68 Å². The largest absolute Gasteiger partial charge is 0.455 e. The molecule has 4 aromatic rings. The SMILES string of the molecule is O=C(OCc1cc2ccccc2nc1Cl)c1ccc(Cn2cccn2)o1. The van der Waals surface area contributed by atoms with Crippen molar-refractivity contribution in [2.45, 2.75) is 13.2 Å². The molecule has 0 bridgehead atoms. The minimum Gasteiger partial charge on any atom is -0.455 e. The lowest BCUT2D eigenvalue weighted by molar-refractivity contribution is 0.0434. The number of aromatic nitrogens is 3. The van der Waals surface area contributed by atoms with Crippen LogP contribution in [0.4, 0.5) is 0 Å². The van der Waals surface area contributed by atoms with Crippen molar-refractivity contribution in [1.29, 1.82) is 0 Å². The van der Waals surface area contributed by atoms with E-state index in [4.69, 9.17) is 20.8 Å². The van der Waals surface area contributed by atoms with Crippen molar-refractivity contribution in [3.8, 4) is 0 Å². The van der Waals surface area contributed by atoms with E-state index in [0.29, 0.717) is 23.0 Å². The Balaban J connectivity index is 1.44. The Morgan fingerprint density at radius 1 is 1.19 bits per heavy atom. The molecule has 1 aromatic carbocycles. The predicted octanol–water partition coefficient (Wildman–Crippen LogP) is 4.08. The maximum absolute atomic E-state index is 12.2. The monoisotopic (exact) mass is 367 g/mol. The molecule has 4 rings (SSSR count). The van der Waals surface area contributed by atoms with Crippen LogP contribution in [-0.4, -0.2) is 20.7 Å². The number of carbonyl (C=O) groups is 1. The van der Waals surface area contributed by atoms with Gasteiger partial charge in [-0.15, -0.1) is 0 Å². The molecule has 26 heavy (non-hydrogen) atoms. The average molecular weight is 368 g/mol. The second-order valence-electron chi connectivity index (χ2n) is 5.68. The van der Waals surface area contributed by atoms with Crippen LogP contribution < -0.4 is 0 Å². The molecule has 0 N–H and O–H groups in total. The zero-order valence-electron chi connectivity index (χ0n) is 13.6. The molecule has 6 nitrogen and oxygen atoms in total. The molecule has 0 aliphatic rings. The van der Waals surface area contributed by atoms with E-state index in [1.165, 1.54) is 0 Å². The van der Waals surface area contributed by atoms with Gasteiger partial charge in [0.1, 0.15) is 17.5 Å². The summed E-state index contributed by atoms with van der Waals surface area (Å²) < 4.78 is 12.5. The van der Waals surface area contributed by atoms with Crippen LogP contribution in [0.25, 0.3) is 10.9 Å². The van der Waals surface area contributed by atoms with Crippen LogP contribution in [0.3, 0.4) is 0 Å². The van der Waals surface area contributed by atoms with Crippen LogP contribution in [0.1, 0.15) is 21.9 Å². The van der Waals surface area contributed by atoms with Crippen LogP contribution in [-0.2, 0) is 17.9 Å². The molecule has 0 amide bonds. The molecule has 0 saturated carbocycles. The molecule has 7 heteroatoms. The Labute approximate surface area is 154 Å². The summed E-state index contributed by atoms with van der Waals surface area (Å²) in [6.45, 7) is 0.464. The Hall–Kier alpha value is -3.12. The summed E-state index contributed by atoms with van der Waals surface area (Å²) in [7, 11) is 0. The number of nitrogens with zero attached hydrogens (tertiary/aromatic N) is 3. The number of pyridine rings is 1. The molecule has 130 valence electrons. The number of hydrogen-bond acceptors (Lipinski definition) is 5. The fraction of sp³-hybridized carbons (Fsp3) is 0.105. The van der Waals surface area contributed by atoms with Gasteiger partial charge in [0.05, 0.1) is 12.1 Å². The van der Waals surface area contributed by atoms with Crippen molar-refractivity contribution in [2.75, 3.05) is 0 Å². The zero-order valence-corrected chi connectivity index (χ0v) is 14.4. The van der Waals surface area contributed by atoms with Gasteiger partial charge in [0.25, 0.3) is 0 Å². The van der Waals surface area contributed by atoms with Gasteiger partial charge in [0.2, 0.25) is 5.76 Å². The maximum Gasteiger partial charge on any atom is 0.374 e. The highest BCUT2D eigenvalue weighted by atomic mass is 35.5. The molecular weight excluding hydrogens is 354 g/mol. The quantitative estimate of drug-likeness (QED) is 0.392. The summed E-state index contributed by atoms with van der Waals surface area (Å²) >= 11 is 6.18. The Morgan fingerprint density at radius 3 is 2.92 bits per heavy atom. The van der Waals surface area contributed by atoms with Crippen molar-refractivity contribution in [2.24, 2.45) is 0 Å². The van der Waals surface area contributed by atoms with E-state index in [1.807, 2.05) is 42.6 Å². The summed E-state index contributed by atoms with van der Waals surface area (Å²) in [6, 6.07) is 14.6. The lowest BCUT2D eigenvalue weighted by Gasteiger charge is -2.07. The van der Waals surface area contributed by atoms with Crippen molar-refractivity contribution in [3.05, 3.63) is 83.2 Å². The van der Waals surface area contributed by atoms with E-state index in [-0.39, 0.29) is 12.4 Å². The summed E-state index contributed by atoms with van der Waals surface area (Å²) in [4.78, 5) is 16.5. The van der Waals surface area contributed by atoms with E-state index in [0.717, 1.165) is 10.9 Å². The highest BCUT2D eigenvalue weighted by molar-refractivity contribution is 6.30. The third kappa shape index (κ3) is 3.45. The molecule has 0 saturated heterocycles. The Kier molecular flexibility index (Phi) is 4.41. The molecule has 0 atom stereocenters. The second kappa shape index (κ2) is 7.01.